The first-order valence-electron chi connectivity index (χ1n) is 8.88. The molecule has 0 aliphatic carbocycles. The Bertz CT molecular complexity index is 861. The molecule has 0 radical (unpaired) electrons. The fourth-order valence-electron chi connectivity index (χ4n) is 3.21. The number of benzene rings is 2. The molecular weight excluding hydrogens is 344 g/mol. The van der Waals surface area contributed by atoms with Gasteiger partial charge in [-0.05, 0) is 41.8 Å². The van der Waals surface area contributed by atoms with E-state index in [1.807, 2.05) is 23.1 Å². The highest BCUT2D eigenvalue weighted by molar-refractivity contribution is 5.94. The first-order chi connectivity index (χ1) is 12.9. The van der Waals surface area contributed by atoms with Crippen LogP contribution in [0.25, 0.3) is 0 Å². The molecule has 1 saturated heterocycles. The highest BCUT2D eigenvalue weighted by Crippen LogP contribution is 2.16. The third-order valence-corrected chi connectivity index (χ3v) is 4.69. The molecule has 6 heteroatoms. The summed E-state index contributed by atoms with van der Waals surface area (Å²) >= 11 is 0. The lowest BCUT2D eigenvalue weighted by Crippen LogP contribution is -2.27. The van der Waals surface area contributed by atoms with Crippen molar-refractivity contribution in [2.24, 2.45) is 0 Å². The number of hydrogen-bond donors (Lipinski definition) is 1. The number of nitrogens with zero attached hydrogens (tertiary/aromatic N) is 2. The lowest BCUT2D eigenvalue weighted by atomic mass is 10.1. The Morgan fingerprint density at radius 3 is 2.44 bits per heavy atom. The molecule has 27 heavy (non-hydrogen) atoms. The molecule has 0 spiro atoms. The zero-order valence-corrected chi connectivity index (χ0v) is 15.2. The molecule has 0 saturated carbocycles. The molecule has 1 aliphatic heterocycles. The largest absolute Gasteiger partial charge is 0.478 e. The molecule has 2 aromatic carbocycles. The highest BCUT2D eigenvalue weighted by Gasteiger charge is 2.20. The van der Waals surface area contributed by atoms with Crippen LogP contribution in [0.4, 0.5) is 0 Å². The van der Waals surface area contributed by atoms with Gasteiger partial charge in [-0.2, -0.15) is 0 Å². The molecule has 1 aliphatic rings. The van der Waals surface area contributed by atoms with Crippen molar-refractivity contribution in [1.82, 2.24) is 9.80 Å². The van der Waals surface area contributed by atoms with Crippen molar-refractivity contribution >= 4 is 17.8 Å². The Balaban J connectivity index is 1.66. The van der Waals surface area contributed by atoms with Gasteiger partial charge in [-0.15, -0.1) is 0 Å². The van der Waals surface area contributed by atoms with Crippen molar-refractivity contribution in [3.8, 4) is 0 Å². The maximum absolute atomic E-state index is 12.7. The normalized spacial score (nSPS) is 13.7. The van der Waals surface area contributed by atoms with E-state index in [0.717, 1.165) is 24.1 Å². The van der Waals surface area contributed by atoms with Gasteiger partial charge in [0.25, 0.3) is 5.91 Å². The van der Waals surface area contributed by atoms with Gasteiger partial charge in [-0.1, -0.05) is 24.3 Å². The maximum atomic E-state index is 12.7. The van der Waals surface area contributed by atoms with Crippen molar-refractivity contribution in [3.05, 3.63) is 70.8 Å². The van der Waals surface area contributed by atoms with Crippen molar-refractivity contribution in [1.29, 1.82) is 0 Å². The summed E-state index contributed by atoms with van der Waals surface area (Å²) in [7, 11) is 1.71. The number of likely N-dealkylation sites (tertiary alicyclic amines) is 1. The number of carbonyl (C=O) groups is 3. The monoisotopic (exact) mass is 366 g/mol. The zero-order valence-electron chi connectivity index (χ0n) is 15.2. The molecule has 2 aromatic rings. The van der Waals surface area contributed by atoms with E-state index >= 15 is 0 Å². The Morgan fingerprint density at radius 2 is 1.81 bits per heavy atom. The fraction of sp³-hybridized carbons (Fsp3) is 0.286. The van der Waals surface area contributed by atoms with Gasteiger partial charge in [0.15, 0.2) is 0 Å². The molecule has 3 rings (SSSR count). The van der Waals surface area contributed by atoms with Crippen LogP contribution in [0.5, 0.6) is 0 Å². The smallest absolute Gasteiger partial charge is 0.335 e. The lowest BCUT2D eigenvalue weighted by Gasteiger charge is -2.19. The Labute approximate surface area is 158 Å². The van der Waals surface area contributed by atoms with E-state index in [1.54, 1.807) is 30.1 Å². The van der Waals surface area contributed by atoms with Crippen LogP contribution >= 0.6 is 0 Å². The Morgan fingerprint density at radius 1 is 1.07 bits per heavy atom. The summed E-state index contributed by atoms with van der Waals surface area (Å²) in [6.45, 7) is 1.68. The average Bonchev–Trinajstić information content (AvgIpc) is 3.06. The van der Waals surface area contributed by atoms with Gasteiger partial charge in [-0.3, -0.25) is 9.59 Å². The fourth-order valence-corrected chi connectivity index (χ4v) is 3.21. The van der Waals surface area contributed by atoms with Gasteiger partial charge in [0.05, 0.1) is 5.56 Å². The van der Waals surface area contributed by atoms with Crippen LogP contribution in [0.1, 0.15) is 44.7 Å². The first kappa shape index (κ1) is 18.6. The third kappa shape index (κ3) is 4.53. The predicted octanol–water partition coefficient (Wildman–Crippen LogP) is 2.78. The molecule has 140 valence electrons. The minimum Gasteiger partial charge on any atom is -0.478 e. The molecule has 1 fully saturated rings. The minimum atomic E-state index is -0.973. The summed E-state index contributed by atoms with van der Waals surface area (Å²) < 4.78 is 0. The van der Waals surface area contributed by atoms with Gasteiger partial charge < -0.3 is 14.9 Å². The maximum Gasteiger partial charge on any atom is 0.335 e. The molecule has 1 N–H and O–H groups in total. The van der Waals surface area contributed by atoms with Gasteiger partial charge in [-0.25, -0.2) is 4.79 Å². The number of rotatable bonds is 6. The van der Waals surface area contributed by atoms with Gasteiger partial charge in [0.1, 0.15) is 0 Å². The molecule has 0 bridgehead atoms. The third-order valence-electron chi connectivity index (χ3n) is 4.69. The highest BCUT2D eigenvalue weighted by atomic mass is 16.4. The van der Waals surface area contributed by atoms with Crippen LogP contribution in [-0.2, 0) is 17.9 Å². The first-order valence-corrected chi connectivity index (χ1v) is 8.88. The van der Waals surface area contributed by atoms with Crippen LogP contribution < -0.4 is 0 Å². The quantitative estimate of drug-likeness (QED) is 0.853. The van der Waals surface area contributed by atoms with Crippen molar-refractivity contribution in [3.63, 3.8) is 0 Å². The minimum absolute atomic E-state index is 0.119. The van der Waals surface area contributed by atoms with Gasteiger partial charge in [0, 0.05) is 38.7 Å². The summed E-state index contributed by atoms with van der Waals surface area (Å²) in [6, 6.07) is 13.8. The van der Waals surface area contributed by atoms with Gasteiger partial charge >= 0.3 is 5.97 Å². The van der Waals surface area contributed by atoms with Crippen molar-refractivity contribution in [2.75, 3.05) is 13.6 Å². The van der Waals surface area contributed by atoms with E-state index in [1.165, 1.54) is 12.1 Å². The van der Waals surface area contributed by atoms with E-state index in [-0.39, 0.29) is 17.4 Å². The second kappa shape index (κ2) is 8.03. The number of aromatic carboxylic acids is 1. The van der Waals surface area contributed by atoms with Crippen LogP contribution in [0, 0.1) is 0 Å². The molecule has 0 atom stereocenters. The number of amides is 2. The SMILES string of the molecule is CN(Cc1ccc(C(=O)O)cc1)C(=O)c1cccc(CN2CCCC2=O)c1. The van der Waals surface area contributed by atoms with E-state index in [4.69, 9.17) is 5.11 Å². The molecule has 2 amide bonds. The lowest BCUT2D eigenvalue weighted by molar-refractivity contribution is -0.128. The standard InChI is InChI=1S/C21H22N2O4/c1-22(13-15-7-9-17(10-8-15)21(26)27)20(25)18-5-2-4-16(12-18)14-23-11-3-6-19(23)24/h2,4-5,7-10,12H,3,6,11,13-14H2,1H3,(H,26,27). The number of carbonyl (C=O) groups excluding carboxylic acids is 2. The van der Waals surface area contributed by atoms with E-state index in [0.29, 0.717) is 25.1 Å². The van der Waals surface area contributed by atoms with Crippen LogP contribution in [0.2, 0.25) is 0 Å². The molecule has 6 nitrogen and oxygen atoms in total. The summed E-state index contributed by atoms with van der Waals surface area (Å²) in [5.74, 6) is -0.931. The van der Waals surface area contributed by atoms with Crippen LogP contribution in [-0.4, -0.2) is 46.3 Å². The number of carboxylic acids is 1. The number of carboxylic acid groups (broad SMARTS) is 1. The second-order valence-corrected chi connectivity index (χ2v) is 6.78. The topological polar surface area (TPSA) is 77.9 Å². The summed E-state index contributed by atoms with van der Waals surface area (Å²) in [5.41, 5.74) is 2.59. The zero-order chi connectivity index (χ0) is 19.4. The van der Waals surface area contributed by atoms with Crippen LogP contribution in [0.15, 0.2) is 48.5 Å². The molecule has 0 unspecified atom stereocenters. The summed E-state index contributed by atoms with van der Waals surface area (Å²) in [6.07, 6.45) is 1.49. The van der Waals surface area contributed by atoms with Crippen LogP contribution in [0.3, 0.4) is 0 Å². The van der Waals surface area contributed by atoms with Gasteiger partial charge in [0.2, 0.25) is 5.91 Å². The van der Waals surface area contributed by atoms with E-state index < -0.39 is 5.97 Å². The van der Waals surface area contributed by atoms with Crippen molar-refractivity contribution < 1.29 is 19.5 Å². The number of hydrogen-bond acceptors (Lipinski definition) is 3. The molecule has 1 heterocycles. The molecular formula is C21H22N2O4. The molecule has 0 aromatic heterocycles. The second-order valence-electron chi connectivity index (χ2n) is 6.78. The van der Waals surface area contributed by atoms with E-state index in [9.17, 15) is 14.4 Å². The predicted molar refractivity (Wildman–Crippen MR) is 100 cm³/mol. The summed E-state index contributed by atoms with van der Waals surface area (Å²) in [5, 5.41) is 8.95. The van der Waals surface area contributed by atoms with E-state index in [2.05, 4.69) is 0 Å². The Hall–Kier alpha value is -3.15. The Kier molecular flexibility index (Phi) is 5.54. The summed E-state index contributed by atoms with van der Waals surface area (Å²) in [4.78, 5) is 38.8. The average molecular weight is 366 g/mol. The van der Waals surface area contributed by atoms with Crippen molar-refractivity contribution in [2.45, 2.75) is 25.9 Å².